The number of hydrogen-bond acceptors (Lipinski definition) is 5. The molecule has 0 bridgehead atoms. The number of esters is 1. The van der Waals surface area contributed by atoms with Crippen molar-refractivity contribution in [2.75, 3.05) is 13.7 Å². The van der Waals surface area contributed by atoms with E-state index in [9.17, 15) is 19.8 Å². The first-order valence-electron chi connectivity index (χ1n) is 7.31. The predicted octanol–water partition coefficient (Wildman–Crippen LogP) is 1.22. The summed E-state index contributed by atoms with van der Waals surface area (Å²) in [5.74, 6) is -1.28. The van der Waals surface area contributed by atoms with Crippen molar-refractivity contribution in [3.05, 3.63) is 11.6 Å². The summed E-state index contributed by atoms with van der Waals surface area (Å²) < 4.78 is 4.91. The van der Waals surface area contributed by atoms with Crippen LogP contribution in [0, 0.1) is 16.7 Å². The molecule has 2 aliphatic carbocycles. The SMILES string of the molecule is COC(=O)C1(C)CCCC2(C)C1C(=O)C=C(C)C2(O)CO. The maximum atomic E-state index is 12.6. The molecule has 2 rings (SSSR count). The Morgan fingerprint density at radius 2 is 2.05 bits per heavy atom. The van der Waals surface area contributed by atoms with E-state index in [1.54, 1.807) is 20.8 Å². The lowest BCUT2D eigenvalue weighted by Gasteiger charge is -2.58. The van der Waals surface area contributed by atoms with Gasteiger partial charge in [0.15, 0.2) is 5.78 Å². The van der Waals surface area contributed by atoms with Gasteiger partial charge in [-0.25, -0.2) is 0 Å². The second kappa shape index (κ2) is 4.92. The van der Waals surface area contributed by atoms with Gasteiger partial charge in [0.05, 0.1) is 19.1 Å². The van der Waals surface area contributed by atoms with Crippen molar-refractivity contribution in [3.63, 3.8) is 0 Å². The Morgan fingerprint density at radius 3 is 2.57 bits per heavy atom. The van der Waals surface area contributed by atoms with Crippen LogP contribution in [0.25, 0.3) is 0 Å². The lowest BCUT2D eigenvalue weighted by Crippen LogP contribution is -2.65. The molecule has 1 fully saturated rings. The number of carbonyl (C=O) groups is 2. The summed E-state index contributed by atoms with van der Waals surface area (Å²) >= 11 is 0. The molecule has 0 aromatic heterocycles. The van der Waals surface area contributed by atoms with Crippen LogP contribution in [0.4, 0.5) is 0 Å². The summed E-state index contributed by atoms with van der Waals surface area (Å²) in [6, 6.07) is 0. The van der Waals surface area contributed by atoms with E-state index < -0.39 is 34.9 Å². The number of fused-ring (bicyclic) bond motifs is 1. The van der Waals surface area contributed by atoms with Gasteiger partial charge < -0.3 is 14.9 Å². The van der Waals surface area contributed by atoms with Crippen molar-refractivity contribution in [2.45, 2.75) is 45.6 Å². The topological polar surface area (TPSA) is 83.8 Å². The van der Waals surface area contributed by atoms with Crippen molar-refractivity contribution in [2.24, 2.45) is 16.7 Å². The predicted molar refractivity (Wildman–Crippen MR) is 76.4 cm³/mol. The first-order valence-corrected chi connectivity index (χ1v) is 7.31. The number of allylic oxidation sites excluding steroid dienone is 1. The maximum absolute atomic E-state index is 12.6. The molecule has 0 amide bonds. The lowest BCUT2D eigenvalue weighted by molar-refractivity contribution is -0.189. The largest absolute Gasteiger partial charge is 0.469 e. The molecule has 5 heteroatoms. The van der Waals surface area contributed by atoms with Crippen molar-refractivity contribution >= 4 is 11.8 Å². The molecule has 0 spiro atoms. The van der Waals surface area contributed by atoms with Gasteiger partial charge in [-0.1, -0.05) is 13.3 Å². The first kappa shape index (κ1) is 16.2. The van der Waals surface area contributed by atoms with E-state index >= 15 is 0 Å². The summed E-state index contributed by atoms with van der Waals surface area (Å²) in [5, 5.41) is 20.7. The van der Waals surface area contributed by atoms with Crippen LogP contribution in [0.3, 0.4) is 0 Å². The van der Waals surface area contributed by atoms with E-state index in [0.29, 0.717) is 24.8 Å². The van der Waals surface area contributed by atoms with E-state index in [4.69, 9.17) is 4.74 Å². The Hall–Kier alpha value is -1.20. The van der Waals surface area contributed by atoms with Gasteiger partial charge in [-0.05, 0) is 38.3 Å². The highest BCUT2D eigenvalue weighted by Gasteiger charge is 2.65. The van der Waals surface area contributed by atoms with Gasteiger partial charge in [-0.2, -0.15) is 0 Å². The summed E-state index contributed by atoms with van der Waals surface area (Å²) in [7, 11) is 1.31. The van der Waals surface area contributed by atoms with Crippen molar-refractivity contribution in [1.29, 1.82) is 0 Å². The molecule has 2 aliphatic rings. The van der Waals surface area contributed by atoms with Gasteiger partial charge in [0.1, 0.15) is 5.60 Å². The van der Waals surface area contributed by atoms with Crippen LogP contribution >= 0.6 is 0 Å². The number of methoxy groups -OCH3 is 1. The van der Waals surface area contributed by atoms with Crippen LogP contribution in [0.1, 0.15) is 40.0 Å². The fraction of sp³-hybridized carbons (Fsp3) is 0.750. The zero-order valence-corrected chi connectivity index (χ0v) is 13.1. The molecule has 4 atom stereocenters. The summed E-state index contributed by atoms with van der Waals surface area (Å²) in [6.07, 6.45) is 3.19. The number of aliphatic hydroxyl groups is 2. The Labute approximate surface area is 125 Å². The molecule has 0 heterocycles. The highest BCUT2D eigenvalue weighted by atomic mass is 16.5. The number of hydrogen-bond donors (Lipinski definition) is 2. The van der Waals surface area contributed by atoms with Gasteiger partial charge in [-0.15, -0.1) is 0 Å². The van der Waals surface area contributed by atoms with E-state index in [-0.39, 0.29) is 5.78 Å². The Kier molecular flexibility index (Phi) is 3.79. The fourth-order valence-corrected chi connectivity index (χ4v) is 4.51. The molecule has 0 aromatic carbocycles. The number of carbonyl (C=O) groups excluding carboxylic acids is 2. The van der Waals surface area contributed by atoms with Crippen LogP contribution in [-0.4, -0.2) is 41.3 Å². The molecule has 4 unspecified atom stereocenters. The molecule has 0 aromatic rings. The maximum Gasteiger partial charge on any atom is 0.312 e. The monoisotopic (exact) mass is 296 g/mol. The second-order valence-electron chi connectivity index (χ2n) is 6.86. The third-order valence-corrected chi connectivity index (χ3v) is 5.79. The minimum Gasteiger partial charge on any atom is -0.469 e. The van der Waals surface area contributed by atoms with E-state index in [0.717, 1.165) is 0 Å². The second-order valence-corrected chi connectivity index (χ2v) is 6.86. The molecule has 2 N–H and O–H groups in total. The molecule has 5 nitrogen and oxygen atoms in total. The van der Waals surface area contributed by atoms with E-state index in [2.05, 4.69) is 0 Å². The first-order chi connectivity index (χ1) is 9.67. The zero-order chi connectivity index (χ0) is 16.1. The highest BCUT2D eigenvalue weighted by molar-refractivity contribution is 5.99. The normalized spacial score (nSPS) is 43.0. The molecule has 1 saturated carbocycles. The molecular formula is C16H24O5. The summed E-state index contributed by atoms with van der Waals surface area (Å²) in [6.45, 7) is 4.71. The van der Waals surface area contributed by atoms with Gasteiger partial charge in [0.25, 0.3) is 0 Å². The van der Waals surface area contributed by atoms with Crippen LogP contribution in [0.5, 0.6) is 0 Å². The quantitative estimate of drug-likeness (QED) is 0.749. The van der Waals surface area contributed by atoms with Gasteiger partial charge in [-0.3, -0.25) is 9.59 Å². The number of ether oxygens (including phenoxy) is 1. The smallest absolute Gasteiger partial charge is 0.312 e. The molecule has 21 heavy (non-hydrogen) atoms. The van der Waals surface area contributed by atoms with Crippen molar-refractivity contribution in [3.8, 4) is 0 Å². The van der Waals surface area contributed by atoms with Gasteiger partial charge in [0.2, 0.25) is 0 Å². The van der Waals surface area contributed by atoms with Crippen molar-refractivity contribution in [1.82, 2.24) is 0 Å². The molecule has 0 radical (unpaired) electrons. The van der Waals surface area contributed by atoms with Gasteiger partial charge >= 0.3 is 5.97 Å². The lowest BCUT2D eigenvalue weighted by atomic mass is 9.46. The minimum absolute atomic E-state index is 0.166. The van der Waals surface area contributed by atoms with Crippen molar-refractivity contribution < 1.29 is 24.5 Å². The standard InChI is InChI=1S/C16H24O5/c1-10-8-11(18)12-14(2,13(19)21-4)6-5-7-15(12,3)16(10,20)9-17/h8,12,17,20H,5-7,9H2,1-4H3. The Bertz CT molecular complexity index is 511. The Balaban J connectivity index is 2.65. The minimum atomic E-state index is -1.48. The number of rotatable bonds is 2. The van der Waals surface area contributed by atoms with E-state index in [1.165, 1.54) is 13.2 Å². The zero-order valence-electron chi connectivity index (χ0n) is 13.1. The molecule has 0 saturated heterocycles. The van der Waals surface area contributed by atoms with Crippen LogP contribution < -0.4 is 0 Å². The summed E-state index contributed by atoms with van der Waals surface area (Å²) in [5.41, 5.74) is -2.87. The summed E-state index contributed by atoms with van der Waals surface area (Å²) in [4.78, 5) is 24.9. The average Bonchev–Trinajstić information content (AvgIpc) is 2.43. The highest BCUT2D eigenvalue weighted by Crippen LogP contribution is 2.60. The fourth-order valence-electron chi connectivity index (χ4n) is 4.51. The molecule has 118 valence electrons. The Morgan fingerprint density at radius 1 is 1.43 bits per heavy atom. The third-order valence-electron chi connectivity index (χ3n) is 5.79. The third kappa shape index (κ3) is 1.90. The van der Waals surface area contributed by atoms with E-state index in [1.807, 2.05) is 0 Å². The molecule has 0 aliphatic heterocycles. The van der Waals surface area contributed by atoms with Crippen LogP contribution in [0.15, 0.2) is 11.6 Å². The van der Waals surface area contributed by atoms with Gasteiger partial charge in [0, 0.05) is 11.3 Å². The average molecular weight is 296 g/mol. The number of ketones is 1. The van der Waals surface area contributed by atoms with Crippen LogP contribution in [0.2, 0.25) is 0 Å². The molecular weight excluding hydrogens is 272 g/mol. The number of aliphatic hydroxyl groups excluding tert-OH is 1. The van der Waals surface area contributed by atoms with Crippen LogP contribution in [-0.2, 0) is 14.3 Å².